The second-order valence-electron chi connectivity index (χ2n) is 5.27. The van der Waals surface area contributed by atoms with E-state index in [0.717, 1.165) is 29.7 Å². The number of aryl methyl sites for hydroxylation is 2. The van der Waals surface area contributed by atoms with Gasteiger partial charge >= 0.3 is 11.8 Å². The lowest BCUT2D eigenvalue weighted by Crippen LogP contribution is -2.30. The number of amides is 2. The van der Waals surface area contributed by atoms with Gasteiger partial charge < -0.3 is 15.4 Å². The quantitative estimate of drug-likeness (QED) is 0.828. The van der Waals surface area contributed by atoms with Gasteiger partial charge in [0.15, 0.2) is 0 Å². The lowest BCUT2D eigenvalue weighted by atomic mass is 10.0. The van der Waals surface area contributed by atoms with Crippen molar-refractivity contribution >= 4 is 23.2 Å². The first-order valence-corrected chi connectivity index (χ1v) is 7.96. The van der Waals surface area contributed by atoms with E-state index in [1.54, 1.807) is 24.3 Å². The highest BCUT2D eigenvalue weighted by molar-refractivity contribution is 6.44. The summed E-state index contributed by atoms with van der Waals surface area (Å²) in [6.07, 6.45) is 1.55. The topological polar surface area (TPSA) is 67.4 Å². The van der Waals surface area contributed by atoms with Gasteiger partial charge in [-0.3, -0.25) is 9.59 Å². The summed E-state index contributed by atoms with van der Waals surface area (Å²) in [6, 6.07) is 12.8. The molecule has 0 atom stereocenters. The maximum Gasteiger partial charge on any atom is 0.314 e. The van der Waals surface area contributed by atoms with Crippen molar-refractivity contribution in [2.24, 2.45) is 0 Å². The van der Waals surface area contributed by atoms with Crippen LogP contribution in [0.15, 0.2) is 42.5 Å². The third kappa shape index (κ3) is 3.93. The van der Waals surface area contributed by atoms with Crippen LogP contribution in [0.1, 0.15) is 25.0 Å². The van der Waals surface area contributed by atoms with Gasteiger partial charge in [0, 0.05) is 5.69 Å². The lowest BCUT2D eigenvalue weighted by molar-refractivity contribution is -0.133. The average Bonchev–Trinajstić information content (AvgIpc) is 2.62. The van der Waals surface area contributed by atoms with Gasteiger partial charge in [0.25, 0.3) is 0 Å². The third-order valence-electron chi connectivity index (χ3n) is 3.80. The monoisotopic (exact) mass is 326 g/mol. The van der Waals surface area contributed by atoms with E-state index in [2.05, 4.69) is 10.6 Å². The molecule has 0 aromatic heterocycles. The summed E-state index contributed by atoms with van der Waals surface area (Å²) in [6.45, 7) is 4.03. The molecule has 2 N–H and O–H groups in total. The van der Waals surface area contributed by atoms with Gasteiger partial charge in [0.2, 0.25) is 0 Å². The summed E-state index contributed by atoms with van der Waals surface area (Å²) >= 11 is 0. The Morgan fingerprint density at radius 1 is 0.875 bits per heavy atom. The third-order valence-corrected chi connectivity index (χ3v) is 3.80. The number of benzene rings is 2. The van der Waals surface area contributed by atoms with Crippen LogP contribution in [-0.2, 0) is 22.4 Å². The molecular formula is C19H22N2O3. The van der Waals surface area contributed by atoms with E-state index >= 15 is 0 Å². The molecule has 0 saturated heterocycles. The standard InChI is InChI=1S/C19H22N2O3/c1-4-13-9-8-10-14(5-2)17(13)21-19(23)18(22)20-15-11-6-7-12-16(15)24-3/h6-12H,4-5H2,1-3H3,(H,20,22)(H,21,23). The molecule has 0 heterocycles. The number of hydrogen-bond donors (Lipinski definition) is 2. The Hall–Kier alpha value is -2.82. The van der Waals surface area contributed by atoms with Crippen LogP contribution in [-0.4, -0.2) is 18.9 Å². The lowest BCUT2D eigenvalue weighted by Gasteiger charge is -2.14. The fourth-order valence-electron chi connectivity index (χ4n) is 2.50. The Morgan fingerprint density at radius 2 is 1.46 bits per heavy atom. The van der Waals surface area contributed by atoms with E-state index in [9.17, 15) is 9.59 Å². The number of para-hydroxylation sites is 3. The van der Waals surface area contributed by atoms with Crippen molar-refractivity contribution in [1.82, 2.24) is 0 Å². The van der Waals surface area contributed by atoms with Crippen LogP contribution in [0.5, 0.6) is 5.75 Å². The maximum absolute atomic E-state index is 12.3. The SMILES string of the molecule is CCc1cccc(CC)c1NC(=O)C(=O)Nc1ccccc1OC. The second kappa shape index (κ2) is 8.15. The molecule has 0 saturated carbocycles. The fraction of sp³-hybridized carbons (Fsp3) is 0.263. The van der Waals surface area contributed by atoms with Gasteiger partial charge in [-0.1, -0.05) is 44.2 Å². The normalized spacial score (nSPS) is 10.1. The van der Waals surface area contributed by atoms with Crippen LogP contribution in [0, 0.1) is 0 Å². The van der Waals surface area contributed by atoms with E-state index in [0.29, 0.717) is 11.4 Å². The van der Waals surface area contributed by atoms with Crippen molar-refractivity contribution in [1.29, 1.82) is 0 Å². The van der Waals surface area contributed by atoms with Crippen molar-refractivity contribution in [2.45, 2.75) is 26.7 Å². The Kier molecular flexibility index (Phi) is 5.95. The minimum atomic E-state index is -0.729. The zero-order valence-electron chi connectivity index (χ0n) is 14.2. The van der Waals surface area contributed by atoms with E-state index in [4.69, 9.17) is 4.74 Å². The molecule has 0 aliphatic heterocycles. The predicted molar refractivity (Wildman–Crippen MR) is 95.5 cm³/mol. The molecule has 24 heavy (non-hydrogen) atoms. The Balaban J connectivity index is 2.17. The van der Waals surface area contributed by atoms with Crippen LogP contribution in [0.2, 0.25) is 0 Å². The van der Waals surface area contributed by atoms with Gasteiger partial charge in [-0.15, -0.1) is 0 Å². The predicted octanol–water partition coefficient (Wildman–Crippen LogP) is 3.40. The summed E-state index contributed by atoms with van der Waals surface area (Å²) in [7, 11) is 1.51. The van der Waals surface area contributed by atoms with E-state index in [1.807, 2.05) is 32.0 Å². The molecule has 0 aliphatic rings. The zero-order chi connectivity index (χ0) is 17.5. The Morgan fingerprint density at radius 3 is 2.04 bits per heavy atom. The highest BCUT2D eigenvalue weighted by Crippen LogP contribution is 2.24. The highest BCUT2D eigenvalue weighted by Gasteiger charge is 2.18. The molecule has 2 aromatic carbocycles. The molecule has 2 amide bonds. The molecule has 0 bridgehead atoms. The molecular weight excluding hydrogens is 304 g/mol. The molecule has 0 radical (unpaired) electrons. The van der Waals surface area contributed by atoms with Gasteiger partial charge in [-0.2, -0.15) is 0 Å². The fourth-order valence-corrected chi connectivity index (χ4v) is 2.50. The number of hydrogen-bond acceptors (Lipinski definition) is 3. The maximum atomic E-state index is 12.3. The van der Waals surface area contributed by atoms with Gasteiger partial charge in [0.05, 0.1) is 12.8 Å². The van der Waals surface area contributed by atoms with Gasteiger partial charge in [-0.05, 0) is 36.1 Å². The minimum absolute atomic E-state index is 0.458. The molecule has 0 aliphatic carbocycles. The van der Waals surface area contributed by atoms with Crippen molar-refractivity contribution in [2.75, 3.05) is 17.7 Å². The molecule has 0 unspecified atom stereocenters. The van der Waals surface area contributed by atoms with Crippen LogP contribution in [0.3, 0.4) is 0 Å². The number of ether oxygens (including phenoxy) is 1. The number of methoxy groups -OCH3 is 1. The molecule has 2 rings (SSSR count). The van der Waals surface area contributed by atoms with Crippen LogP contribution < -0.4 is 15.4 Å². The summed E-state index contributed by atoms with van der Waals surface area (Å²) in [4.78, 5) is 24.5. The van der Waals surface area contributed by atoms with Crippen molar-refractivity contribution in [3.05, 3.63) is 53.6 Å². The number of nitrogens with one attached hydrogen (secondary N) is 2. The smallest absolute Gasteiger partial charge is 0.314 e. The molecule has 5 nitrogen and oxygen atoms in total. The second-order valence-corrected chi connectivity index (χ2v) is 5.27. The molecule has 126 valence electrons. The first kappa shape index (κ1) is 17.5. The van der Waals surface area contributed by atoms with Crippen LogP contribution in [0.4, 0.5) is 11.4 Å². The van der Waals surface area contributed by atoms with Gasteiger partial charge in [0.1, 0.15) is 5.75 Å². The summed E-state index contributed by atoms with van der Waals surface area (Å²) in [5.41, 5.74) is 3.20. The minimum Gasteiger partial charge on any atom is -0.495 e. The van der Waals surface area contributed by atoms with Crippen LogP contribution >= 0.6 is 0 Å². The van der Waals surface area contributed by atoms with Crippen molar-refractivity contribution in [3.63, 3.8) is 0 Å². The number of rotatable bonds is 5. The summed E-state index contributed by atoms with van der Waals surface area (Å²) in [5, 5.41) is 5.33. The Labute approximate surface area is 142 Å². The van der Waals surface area contributed by atoms with E-state index < -0.39 is 11.8 Å². The average molecular weight is 326 g/mol. The molecule has 0 fully saturated rings. The number of carbonyl (C=O) groups excluding carboxylic acids is 2. The van der Waals surface area contributed by atoms with E-state index in [1.165, 1.54) is 7.11 Å². The largest absolute Gasteiger partial charge is 0.495 e. The molecule has 0 spiro atoms. The Bertz CT molecular complexity index is 719. The first-order valence-electron chi connectivity index (χ1n) is 7.96. The van der Waals surface area contributed by atoms with Crippen molar-refractivity contribution < 1.29 is 14.3 Å². The van der Waals surface area contributed by atoms with Gasteiger partial charge in [-0.25, -0.2) is 0 Å². The first-order chi connectivity index (χ1) is 11.6. The molecule has 2 aromatic rings. The number of carbonyl (C=O) groups is 2. The summed E-state index contributed by atoms with van der Waals surface area (Å²) < 4.78 is 5.17. The number of anilines is 2. The zero-order valence-corrected chi connectivity index (χ0v) is 14.2. The van der Waals surface area contributed by atoms with Crippen molar-refractivity contribution in [3.8, 4) is 5.75 Å². The van der Waals surface area contributed by atoms with E-state index in [-0.39, 0.29) is 0 Å². The van der Waals surface area contributed by atoms with Crippen LogP contribution in [0.25, 0.3) is 0 Å². The molecule has 5 heteroatoms. The summed E-state index contributed by atoms with van der Waals surface area (Å²) in [5.74, 6) is -0.925. The highest BCUT2D eigenvalue weighted by atomic mass is 16.5.